The Kier molecular flexibility index (Phi) is 11.9. The van der Waals surface area contributed by atoms with E-state index < -0.39 is 11.6 Å². The van der Waals surface area contributed by atoms with Crippen molar-refractivity contribution in [1.82, 2.24) is 15.5 Å². The van der Waals surface area contributed by atoms with Crippen molar-refractivity contribution in [3.63, 3.8) is 0 Å². The molecule has 6 nitrogen and oxygen atoms in total. The fraction of sp³-hybridized carbons (Fsp3) is 0.208. The SMILES string of the molecule is O=C(NCCC(=O)N(CCCCNC(c1ccccc1)(c1ccccc1)c1ccccc1)Cc1ccccc1)OCC1c2ccccc2-c2ccccc21. The number of unbranched alkanes of at least 4 members (excludes halogenated alkanes) is 1. The van der Waals surface area contributed by atoms with E-state index in [9.17, 15) is 9.59 Å². The first-order valence-electron chi connectivity index (χ1n) is 19.0. The van der Waals surface area contributed by atoms with Crippen LogP contribution in [-0.4, -0.2) is 43.1 Å². The molecule has 0 unspecified atom stereocenters. The van der Waals surface area contributed by atoms with Gasteiger partial charge >= 0.3 is 6.09 Å². The smallest absolute Gasteiger partial charge is 0.407 e. The van der Waals surface area contributed by atoms with E-state index in [1.807, 2.05) is 59.5 Å². The van der Waals surface area contributed by atoms with Gasteiger partial charge in [0, 0.05) is 32.0 Å². The minimum atomic E-state index is -0.534. The first kappa shape index (κ1) is 36.4. The number of fused-ring (bicyclic) bond motifs is 3. The van der Waals surface area contributed by atoms with E-state index in [1.54, 1.807) is 0 Å². The summed E-state index contributed by atoms with van der Waals surface area (Å²) in [5.74, 6) is -0.0168. The van der Waals surface area contributed by atoms with Crippen molar-refractivity contribution in [2.45, 2.75) is 37.3 Å². The molecule has 0 bridgehead atoms. The van der Waals surface area contributed by atoms with E-state index in [1.165, 1.54) is 38.9 Å². The van der Waals surface area contributed by atoms with E-state index >= 15 is 0 Å². The van der Waals surface area contributed by atoms with Gasteiger partial charge in [-0.05, 0) is 63.9 Å². The molecule has 0 fully saturated rings. The summed E-state index contributed by atoms with van der Waals surface area (Å²) in [5, 5.41) is 6.79. The lowest BCUT2D eigenvalue weighted by atomic mass is 9.77. The molecule has 2 N–H and O–H groups in total. The standard InChI is InChI=1S/C48H47N3O3/c52-46(31-33-49-47(53)54-36-45-43-29-15-13-27-41(43)42-28-14-16-30-44(42)45)51(35-37-19-5-1-6-20-37)34-18-17-32-50-48(38-21-7-2-8-22-38,39-23-9-3-10-24-39)40-25-11-4-12-26-40/h1-16,19-30,45,50H,17-18,31-36H2,(H,49,53). The number of benzene rings is 6. The van der Waals surface area contributed by atoms with Gasteiger partial charge in [-0.15, -0.1) is 0 Å². The average molecular weight is 714 g/mol. The third kappa shape index (κ3) is 8.30. The van der Waals surface area contributed by atoms with Gasteiger partial charge in [-0.25, -0.2) is 4.79 Å². The van der Waals surface area contributed by atoms with Crippen LogP contribution in [0.2, 0.25) is 0 Å². The zero-order chi connectivity index (χ0) is 37.0. The minimum Gasteiger partial charge on any atom is -0.449 e. The third-order valence-electron chi connectivity index (χ3n) is 10.4. The fourth-order valence-corrected chi connectivity index (χ4v) is 7.75. The van der Waals surface area contributed by atoms with Crippen LogP contribution in [0.4, 0.5) is 4.79 Å². The van der Waals surface area contributed by atoms with Gasteiger partial charge in [0.1, 0.15) is 6.61 Å². The molecule has 6 heteroatoms. The van der Waals surface area contributed by atoms with Crippen LogP contribution < -0.4 is 10.6 Å². The van der Waals surface area contributed by atoms with Crippen molar-refractivity contribution in [2.75, 3.05) is 26.2 Å². The largest absolute Gasteiger partial charge is 0.449 e. The van der Waals surface area contributed by atoms with E-state index in [0.717, 1.165) is 24.9 Å². The summed E-state index contributed by atoms with van der Waals surface area (Å²) in [5.41, 5.74) is 8.76. The molecule has 7 rings (SSSR count). The van der Waals surface area contributed by atoms with Crippen LogP contribution in [0.25, 0.3) is 11.1 Å². The Morgan fingerprint density at radius 3 is 1.59 bits per heavy atom. The van der Waals surface area contributed by atoms with Crippen LogP contribution in [0.15, 0.2) is 170 Å². The molecule has 1 aliphatic rings. The molecule has 0 saturated carbocycles. The van der Waals surface area contributed by atoms with Gasteiger partial charge in [0.25, 0.3) is 0 Å². The van der Waals surface area contributed by atoms with E-state index in [4.69, 9.17) is 4.74 Å². The number of nitrogens with zero attached hydrogens (tertiary/aromatic N) is 1. The van der Waals surface area contributed by atoms with E-state index in [-0.39, 0.29) is 31.4 Å². The normalized spacial score (nSPS) is 12.1. The third-order valence-corrected chi connectivity index (χ3v) is 10.4. The van der Waals surface area contributed by atoms with Gasteiger partial charge in [0.05, 0.1) is 5.54 Å². The molecular formula is C48H47N3O3. The molecule has 6 aromatic rings. The van der Waals surface area contributed by atoms with Crippen LogP contribution >= 0.6 is 0 Å². The lowest BCUT2D eigenvalue weighted by Crippen LogP contribution is -2.45. The van der Waals surface area contributed by atoms with Crippen molar-refractivity contribution in [3.8, 4) is 11.1 Å². The number of amides is 2. The van der Waals surface area contributed by atoms with Crippen LogP contribution in [0.5, 0.6) is 0 Å². The summed E-state index contributed by atoms with van der Waals surface area (Å²) in [6.45, 7) is 2.31. The number of hydrogen-bond acceptors (Lipinski definition) is 4. The Bertz CT molecular complexity index is 1960. The molecular weight excluding hydrogens is 667 g/mol. The van der Waals surface area contributed by atoms with Gasteiger partial charge in [0.15, 0.2) is 0 Å². The molecule has 0 saturated heterocycles. The molecule has 0 radical (unpaired) electrons. The molecule has 6 aromatic carbocycles. The number of hydrogen-bond donors (Lipinski definition) is 2. The van der Waals surface area contributed by atoms with Gasteiger partial charge in [-0.3, -0.25) is 10.1 Å². The van der Waals surface area contributed by atoms with Gasteiger partial charge in [-0.2, -0.15) is 0 Å². The van der Waals surface area contributed by atoms with Crippen LogP contribution in [0, 0.1) is 0 Å². The van der Waals surface area contributed by atoms with Crippen LogP contribution in [0.3, 0.4) is 0 Å². The van der Waals surface area contributed by atoms with Gasteiger partial charge in [0.2, 0.25) is 5.91 Å². The summed E-state index contributed by atoms with van der Waals surface area (Å²) >= 11 is 0. The Morgan fingerprint density at radius 2 is 1.06 bits per heavy atom. The maximum Gasteiger partial charge on any atom is 0.407 e. The molecule has 272 valence electrons. The second-order valence-corrected chi connectivity index (χ2v) is 13.8. The van der Waals surface area contributed by atoms with Crippen LogP contribution in [0.1, 0.15) is 58.6 Å². The topological polar surface area (TPSA) is 70.7 Å². The summed E-state index contributed by atoms with van der Waals surface area (Å²) in [6.07, 6.45) is 1.36. The summed E-state index contributed by atoms with van der Waals surface area (Å²) < 4.78 is 5.71. The fourth-order valence-electron chi connectivity index (χ4n) is 7.75. The van der Waals surface area contributed by atoms with E-state index in [2.05, 4.69) is 126 Å². The van der Waals surface area contributed by atoms with Crippen molar-refractivity contribution >= 4 is 12.0 Å². The molecule has 1 aliphatic carbocycles. The number of ether oxygens (including phenoxy) is 1. The number of carbonyl (C=O) groups is 2. The predicted molar refractivity (Wildman–Crippen MR) is 216 cm³/mol. The molecule has 0 aliphatic heterocycles. The quantitative estimate of drug-likeness (QED) is 0.0775. The Balaban J connectivity index is 0.956. The highest BCUT2D eigenvalue weighted by molar-refractivity contribution is 5.79. The van der Waals surface area contributed by atoms with Crippen molar-refractivity contribution < 1.29 is 14.3 Å². The maximum atomic E-state index is 13.7. The van der Waals surface area contributed by atoms with E-state index in [0.29, 0.717) is 13.1 Å². The lowest BCUT2D eigenvalue weighted by molar-refractivity contribution is -0.131. The molecule has 0 spiro atoms. The van der Waals surface area contributed by atoms with Crippen LogP contribution in [-0.2, 0) is 21.6 Å². The summed E-state index contributed by atoms with van der Waals surface area (Å²) in [7, 11) is 0. The Morgan fingerprint density at radius 1 is 0.574 bits per heavy atom. The first-order chi connectivity index (χ1) is 26.6. The zero-order valence-corrected chi connectivity index (χ0v) is 30.6. The number of carbonyl (C=O) groups excluding carboxylic acids is 2. The van der Waals surface area contributed by atoms with Crippen molar-refractivity contribution in [2.24, 2.45) is 0 Å². The molecule has 0 heterocycles. The Hall–Kier alpha value is -5.98. The number of rotatable bonds is 16. The molecule has 54 heavy (non-hydrogen) atoms. The highest BCUT2D eigenvalue weighted by Gasteiger charge is 2.35. The molecule has 2 amide bonds. The first-order valence-corrected chi connectivity index (χ1v) is 19.0. The van der Waals surface area contributed by atoms with Gasteiger partial charge in [-0.1, -0.05) is 170 Å². The zero-order valence-electron chi connectivity index (χ0n) is 30.6. The summed E-state index contributed by atoms with van der Waals surface area (Å²) in [6, 6.07) is 58.4. The predicted octanol–water partition coefficient (Wildman–Crippen LogP) is 9.31. The van der Waals surface area contributed by atoms with Gasteiger partial charge < -0.3 is 15.0 Å². The van der Waals surface area contributed by atoms with Crippen molar-refractivity contribution in [1.29, 1.82) is 0 Å². The highest BCUT2D eigenvalue weighted by Crippen LogP contribution is 2.44. The molecule has 0 aromatic heterocycles. The molecule has 0 atom stereocenters. The number of nitrogens with one attached hydrogen (secondary N) is 2. The second kappa shape index (κ2) is 17.7. The van der Waals surface area contributed by atoms with Crippen molar-refractivity contribution in [3.05, 3.63) is 203 Å². The minimum absolute atomic E-state index is 0.00189. The lowest BCUT2D eigenvalue weighted by Gasteiger charge is -2.37. The average Bonchev–Trinajstić information content (AvgIpc) is 3.55. The summed E-state index contributed by atoms with van der Waals surface area (Å²) in [4.78, 5) is 28.4. The number of alkyl carbamates (subject to hydrolysis) is 1. The Labute approximate surface area is 318 Å². The maximum absolute atomic E-state index is 13.7. The second-order valence-electron chi connectivity index (χ2n) is 13.8. The monoisotopic (exact) mass is 713 g/mol. The highest BCUT2D eigenvalue weighted by atomic mass is 16.5.